The van der Waals surface area contributed by atoms with Gasteiger partial charge in [-0.15, -0.1) is 0 Å². The predicted octanol–water partition coefficient (Wildman–Crippen LogP) is 17.9. The highest BCUT2D eigenvalue weighted by Crippen LogP contribution is 2.52. The van der Waals surface area contributed by atoms with Gasteiger partial charge in [0.2, 0.25) is 0 Å². The monoisotopic (exact) mass is 1080 g/mol. The second kappa shape index (κ2) is 24.1. The van der Waals surface area contributed by atoms with Crippen LogP contribution in [0.2, 0.25) is 0 Å². The van der Waals surface area contributed by atoms with Crippen molar-refractivity contribution < 1.29 is 14.3 Å². The van der Waals surface area contributed by atoms with Crippen molar-refractivity contribution in [1.29, 1.82) is 0 Å². The molecule has 0 fully saturated rings. The number of Topliss-reactive ketones (excluding diaryl/α,β-unsaturated/α-hetero) is 2. The topological polar surface area (TPSA) is 43.4 Å². The van der Waals surface area contributed by atoms with Crippen molar-refractivity contribution in [3.63, 3.8) is 0 Å². The lowest BCUT2D eigenvalue weighted by Crippen LogP contribution is -2.01. The molecule has 0 bridgehead atoms. The minimum Gasteiger partial charge on any atom is -0.457 e. The molecule has 2 aliphatic carbocycles. The number of hydrogen-bond donors (Lipinski definition) is 0. The van der Waals surface area contributed by atoms with Gasteiger partial charge in [-0.25, -0.2) is 0 Å². The van der Waals surface area contributed by atoms with Gasteiger partial charge in [-0.1, -0.05) is 248 Å². The summed E-state index contributed by atoms with van der Waals surface area (Å²) in [4.78, 5) is 30.6. The molecule has 0 aromatic heterocycles. The Balaban J connectivity index is 0.888. The van der Waals surface area contributed by atoms with Crippen molar-refractivity contribution in [3.05, 3.63) is 381 Å². The van der Waals surface area contributed by atoms with E-state index in [4.69, 9.17) is 4.74 Å². The maximum atomic E-state index is 15.5. The van der Waals surface area contributed by atoms with Crippen LogP contribution >= 0.6 is 0 Å². The van der Waals surface area contributed by atoms with Gasteiger partial charge in [0.15, 0.2) is 11.6 Å². The Labute approximate surface area is 496 Å². The summed E-state index contributed by atoms with van der Waals surface area (Å²) < 4.78 is 6.68. The van der Waals surface area contributed by atoms with Crippen molar-refractivity contribution in [3.8, 4) is 47.0 Å². The molecule has 0 aliphatic heterocycles. The molecule has 11 aromatic carbocycles. The highest BCUT2D eigenvalue weighted by Gasteiger charge is 2.37. The number of hydrogen-bond acceptors (Lipinski definition) is 3. The quantitative estimate of drug-likeness (QED) is 0.128. The molecule has 0 N–H and O–H groups in total. The van der Waals surface area contributed by atoms with E-state index < -0.39 is 0 Å². The first-order chi connectivity index (χ1) is 42.0. The van der Waals surface area contributed by atoms with Gasteiger partial charge >= 0.3 is 0 Å². The van der Waals surface area contributed by atoms with Crippen molar-refractivity contribution in [2.75, 3.05) is 0 Å². The first-order valence-electron chi connectivity index (χ1n) is 28.1. The van der Waals surface area contributed by atoms with Crippen molar-refractivity contribution in [2.24, 2.45) is 0 Å². The van der Waals surface area contributed by atoms with Gasteiger partial charge in [-0.2, -0.15) is 0 Å². The fraction of sp³-hybridized carbons (Fsp3) is 0. The molecule has 0 saturated heterocycles. The van der Waals surface area contributed by atoms with E-state index in [0.717, 1.165) is 100 Å². The smallest absolute Gasteiger partial charge is 0.195 e. The lowest BCUT2D eigenvalue weighted by molar-refractivity contribution is -0.109. The van der Waals surface area contributed by atoms with Crippen LogP contribution in [0, 0.1) is 35.5 Å². The van der Waals surface area contributed by atoms with Crippen LogP contribution in [0.5, 0.6) is 11.5 Å². The van der Waals surface area contributed by atoms with Crippen LogP contribution < -0.4 is 4.74 Å². The lowest BCUT2D eigenvalue weighted by Gasteiger charge is -2.16. The van der Waals surface area contributed by atoms with Crippen LogP contribution in [0.1, 0.15) is 77.9 Å². The van der Waals surface area contributed by atoms with Crippen molar-refractivity contribution >= 4 is 56.2 Å². The number of benzene rings is 11. The molecule has 85 heavy (non-hydrogen) atoms. The van der Waals surface area contributed by atoms with E-state index in [-0.39, 0.29) is 11.6 Å². The third kappa shape index (κ3) is 11.3. The highest BCUT2D eigenvalue weighted by atomic mass is 16.5. The van der Waals surface area contributed by atoms with Crippen LogP contribution in [-0.2, 0) is 9.59 Å². The van der Waals surface area contributed by atoms with Crippen LogP contribution in [0.25, 0.3) is 44.6 Å². The zero-order valence-corrected chi connectivity index (χ0v) is 46.1. The van der Waals surface area contributed by atoms with Crippen molar-refractivity contribution in [1.82, 2.24) is 0 Å². The summed E-state index contributed by atoms with van der Waals surface area (Å²) in [5.41, 5.74) is 17.6. The zero-order valence-electron chi connectivity index (χ0n) is 46.1. The Bertz CT molecular complexity index is 4580. The molecular weight excluding hydrogens is 1030 g/mol. The molecule has 3 nitrogen and oxygen atoms in total. The molecule has 0 amide bonds. The summed E-state index contributed by atoms with van der Waals surface area (Å²) in [6.45, 7) is 0. The molecule has 0 unspecified atom stereocenters. The lowest BCUT2D eigenvalue weighted by atomic mass is 9.87. The van der Waals surface area contributed by atoms with Gasteiger partial charge in [0, 0.05) is 78.0 Å². The molecule has 0 spiro atoms. The second-order valence-electron chi connectivity index (χ2n) is 20.5. The fourth-order valence-corrected chi connectivity index (χ4v) is 11.0. The van der Waals surface area contributed by atoms with E-state index in [0.29, 0.717) is 33.8 Å². The van der Waals surface area contributed by atoms with E-state index >= 15 is 9.59 Å². The number of rotatable bonds is 10. The molecule has 0 atom stereocenters. The largest absolute Gasteiger partial charge is 0.457 e. The third-order valence-corrected chi connectivity index (χ3v) is 14.9. The Morgan fingerprint density at radius 1 is 0.188 bits per heavy atom. The summed E-state index contributed by atoms with van der Waals surface area (Å²) in [7, 11) is 0. The highest BCUT2D eigenvalue weighted by molar-refractivity contribution is 6.60. The van der Waals surface area contributed by atoms with Crippen LogP contribution in [0.15, 0.2) is 303 Å². The summed E-state index contributed by atoms with van der Waals surface area (Å²) in [6, 6.07) is 99.7. The first kappa shape index (κ1) is 52.6. The normalized spacial score (nSPS) is 12.8. The molecule has 396 valence electrons. The minimum atomic E-state index is -0.0749. The van der Waals surface area contributed by atoms with Crippen molar-refractivity contribution in [2.45, 2.75) is 0 Å². The molecular formula is C82H50O3. The molecule has 13 rings (SSSR count). The van der Waals surface area contributed by atoms with E-state index in [1.165, 1.54) is 0 Å². The predicted molar refractivity (Wildman–Crippen MR) is 346 cm³/mol. The first-order valence-corrected chi connectivity index (χ1v) is 28.1. The van der Waals surface area contributed by atoms with Gasteiger partial charge in [-0.3, -0.25) is 9.59 Å². The summed E-state index contributed by atoms with van der Waals surface area (Å²) in [6.07, 6.45) is 0. The SMILES string of the molecule is O=C1C(c2ccccc2)=C(c2ccc(C#Cc3ccccc3)cc2)C(c2ccc(Oc3ccc(C4=C(c5ccccc5)C(=O)C(c5ccccc5)=C4c4cc(C#Cc5ccccc5)cc(C#Cc5ccccc5)c4)cc3)cc2)=C1c1ccccc1. The van der Waals surface area contributed by atoms with Gasteiger partial charge in [-0.05, 0) is 136 Å². The Kier molecular flexibility index (Phi) is 14.9. The van der Waals surface area contributed by atoms with Gasteiger partial charge in [0.1, 0.15) is 11.5 Å². The Morgan fingerprint density at radius 3 is 0.706 bits per heavy atom. The zero-order chi connectivity index (χ0) is 57.3. The number of allylic oxidation sites excluding steroid dienone is 8. The Morgan fingerprint density at radius 2 is 0.412 bits per heavy atom. The molecule has 2 aliphatic rings. The number of ketones is 2. The van der Waals surface area contributed by atoms with Gasteiger partial charge in [0.05, 0.1) is 0 Å². The van der Waals surface area contributed by atoms with E-state index in [1.54, 1.807) is 0 Å². The summed E-state index contributed by atoms with van der Waals surface area (Å²) >= 11 is 0. The molecule has 0 saturated carbocycles. The number of carbonyl (C=O) groups excluding carboxylic acids is 2. The third-order valence-electron chi connectivity index (χ3n) is 14.9. The Hall–Kier alpha value is -11.8. The van der Waals surface area contributed by atoms with E-state index in [9.17, 15) is 0 Å². The average Bonchev–Trinajstić information content (AvgIpc) is 1.92. The minimum absolute atomic E-state index is 0.0410. The second-order valence-corrected chi connectivity index (χ2v) is 20.5. The average molecular weight is 1080 g/mol. The molecule has 0 radical (unpaired) electrons. The molecule has 0 heterocycles. The van der Waals surface area contributed by atoms with Gasteiger partial charge < -0.3 is 4.74 Å². The maximum absolute atomic E-state index is 15.5. The van der Waals surface area contributed by atoms with E-state index in [1.807, 2.05) is 279 Å². The summed E-state index contributed by atoms with van der Waals surface area (Å²) in [5, 5.41) is 0. The standard InChI is InChI=1S/C82H50O3/c83-81-77(63-28-14-4-15-29-63)73(67-44-42-60(43-45-67)37-36-57-22-8-1-9-23-57)74(78(81)64-30-16-5-17-31-64)68-46-50-71(51-47-68)85-72-52-48-69(49-53-72)75-76(80(66-34-20-7-21-35-66)82(84)79(75)65-32-18-6-19-33-65)70-55-61(40-38-58-24-10-2-11-25-58)54-62(56-70)41-39-59-26-12-3-13-27-59/h1-35,42-56H. The van der Waals surface area contributed by atoms with Crippen LogP contribution in [-0.4, -0.2) is 11.6 Å². The number of carbonyl (C=O) groups is 2. The number of ether oxygens (including phenoxy) is 1. The molecule has 3 heteroatoms. The maximum Gasteiger partial charge on any atom is 0.195 e. The van der Waals surface area contributed by atoms with Gasteiger partial charge in [0.25, 0.3) is 0 Å². The van der Waals surface area contributed by atoms with Crippen LogP contribution in [0.4, 0.5) is 0 Å². The fourth-order valence-electron chi connectivity index (χ4n) is 11.0. The van der Waals surface area contributed by atoms with E-state index in [2.05, 4.69) is 59.8 Å². The molecule has 11 aromatic rings. The van der Waals surface area contributed by atoms with Crippen LogP contribution in [0.3, 0.4) is 0 Å². The summed E-state index contributed by atoms with van der Waals surface area (Å²) in [5.74, 6) is 21.3.